The van der Waals surface area contributed by atoms with Crippen LogP contribution >= 0.6 is 39.1 Å². The molecule has 1 aromatic carbocycles. The minimum atomic E-state index is 0.335. The van der Waals surface area contributed by atoms with Gasteiger partial charge in [0.2, 0.25) is 0 Å². The van der Waals surface area contributed by atoms with E-state index in [-0.39, 0.29) is 0 Å². The molecule has 0 aliphatic heterocycles. The predicted octanol–water partition coefficient (Wildman–Crippen LogP) is 5.09. The topological polar surface area (TPSA) is 0 Å². The Morgan fingerprint density at radius 3 is 2.23 bits per heavy atom. The third kappa shape index (κ3) is 2.87. The third-order valence-electron chi connectivity index (χ3n) is 1.85. The maximum atomic E-state index is 5.91. The van der Waals surface area contributed by atoms with Gasteiger partial charge in [0.15, 0.2) is 0 Å². The van der Waals surface area contributed by atoms with Gasteiger partial charge >= 0.3 is 0 Å². The summed E-state index contributed by atoms with van der Waals surface area (Å²) < 4.78 is 0. The van der Waals surface area contributed by atoms with Crippen molar-refractivity contribution in [2.45, 2.75) is 18.7 Å². The summed E-state index contributed by atoms with van der Waals surface area (Å²) in [6, 6.07) is 5.73. The molecular formula is C10H11BrCl2. The first-order chi connectivity index (χ1) is 6.02. The van der Waals surface area contributed by atoms with Gasteiger partial charge in [0.1, 0.15) is 0 Å². The Balaban J connectivity index is 2.97. The van der Waals surface area contributed by atoms with Crippen molar-refractivity contribution in [2.24, 2.45) is 5.92 Å². The van der Waals surface area contributed by atoms with Crippen LogP contribution < -0.4 is 0 Å². The fourth-order valence-electron chi connectivity index (χ4n) is 1.07. The third-order valence-corrected chi connectivity index (χ3v) is 4.17. The Morgan fingerprint density at radius 1 is 1.15 bits per heavy atom. The second-order valence-electron chi connectivity index (χ2n) is 3.32. The van der Waals surface area contributed by atoms with Crippen molar-refractivity contribution < 1.29 is 0 Å². The molecule has 0 radical (unpaired) electrons. The lowest BCUT2D eigenvalue weighted by atomic mass is 10.0. The lowest BCUT2D eigenvalue weighted by Gasteiger charge is -2.14. The van der Waals surface area contributed by atoms with Crippen LogP contribution in [0, 0.1) is 5.92 Å². The average molecular weight is 282 g/mol. The van der Waals surface area contributed by atoms with Crippen LogP contribution in [0.3, 0.4) is 0 Å². The first-order valence-corrected chi connectivity index (χ1v) is 5.78. The molecule has 13 heavy (non-hydrogen) atoms. The summed E-state index contributed by atoms with van der Waals surface area (Å²) in [5.74, 6) is 0.539. The van der Waals surface area contributed by atoms with E-state index in [9.17, 15) is 0 Å². The lowest BCUT2D eigenvalue weighted by Crippen LogP contribution is -1.98. The van der Waals surface area contributed by atoms with E-state index in [0.717, 1.165) is 0 Å². The Hall–Kier alpha value is 0.280. The second-order valence-corrected chi connectivity index (χ2v) is 5.12. The van der Waals surface area contributed by atoms with E-state index in [1.807, 2.05) is 18.2 Å². The van der Waals surface area contributed by atoms with Gasteiger partial charge in [-0.15, -0.1) is 0 Å². The molecule has 1 atom stereocenters. The minimum absolute atomic E-state index is 0.335. The first kappa shape index (κ1) is 11.4. The molecule has 0 nitrogen and oxygen atoms in total. The maximum Gasteiger partial charge on any atom is 0.0595 e. The van der Waals surface area contributed by atoms with Crippen LogP contribution in [0.2, 0.25) is 10.0 Å². The summed E-state index contributed by atoms with van der Waals surface area (Å²) >= 11 is 15.3. The monoisotopic (exact) mass is 280 g/mol. The highest BCUT2D eigenvalue weighted by molar-refractivity contribution is 9.09. The summed E-state index contributed by atoms with van der Waals surface area (Å²) in [5.41, 5.74) is 1.17. The van der Waals surface area contributed by atoms with Gasteiger partial charge in [-0.1, -0.05) is 59.0 Å². The SMILES string of the molecule is CC(C)C(Br)c1ccc(Cl)c(Cl)c1. The minimum Gasteiger partial charge on any atom is -0.0836 e. The zero-order valence-electron chi connectivity index (χ0n) is 7.52. The summed E-state index contributed by atoms with van der Waals surface area (Å²) in [6.45, 7) is 4.31. The zero-order valence-corrected chi connectivity index (χ0v) is 10.6. The number of halogens is 3. The van der Waals surface area contributed by atoms with Gasteiger partial charge in [-0.3, -0.25) is 0 Å². The van der Waals surface area contributed by atoms with Gasteiger partial charge < -0.3 is 0 Å². The standard InChI is InChI=1S/C10H11BrCl2/c1-6(2)10(11)7-3-4-8(12)9(13)5-7/h3-6,10H,1-2H3. The molecule has 0 saturated heterocycles. The van der Waals surface area contributed by atoms with Crippen molar-refractivity contribution in [1.82, 2.24) is 0 Å². The molecule has 0 spiro atoms. The fraction of sp³-hybridized carbons (Fsp3) is 0.400. The molecule has 72 valence electrons. The molecule has 0 N–H and O–H groups in total. The zero-order chi connectivity index (χ0) is 10.0. The van der Waals surface area contributed by atoms with Gasteiger partial charge in [0.25, 0.3) is 0 Å². The van der Waals surface area contributed by atoms with Gasteiger partial charge in [0.05, 0.1) is 10.0 Å². The predicted molar refractivity (Wildman–Crippen MR) is 63.0 cm³/mol. The van der Waals surface area contributed by atoms with Gasteiger partial charge in [-0.25, -0.2) is 0 Å². The maximum absolute atomic E-state index is 5.91. The number of hydrogen-bond acceptors (Lipinski definition) is 0. The van der Waals surface area contributed by atoms with Crippen LogP contribution in [0.25, 0.3) is 0 Å². The molecule has 0 saturated carbocycles. The van der Waals surface area contributed by atoms with E-state index in [4.69, 9.17) is 23.2 Å². The molecule has 1 aromatic rings. The van der Waals surface area contributed by atoms with Crippen molar-refractivity contribution in [3.8, 4) is 0 Å². The summed E-state index contributed by atoms with van der Waals surface area (Å²) in [6.07, 6.45) is 0. The van der Waals surface area contributed by atoms with Crippen LogP contribution in [0.15, 0.2) is 18.2 Å². The highest BCUT2D eigenvalue weighted by Gasteiger charge is 2.12. The Labute approximate surface area is 97.4 Å². The molecule has 0 fully saturated rings. The van der Waals surface area contributed by atoms with E-state index in [0.29, 0.717) is 20.8 Å². The van der Waals surface area contributed by atoms with Crippen LogP contribution in [-0.2, 0) is 0 Å². The van der Waals surface area contributed by atoms with Crippen molar-refractivity contribution in [3.05, 3.63) is 33.8 Å². The van der Waals surface area contributed by atoms with Gasteiger partial charge in [-0.2, -0.15) is 0 Å². The lowest BCUT2D eigenvalue weighted by molar-refractivity contribution is 0.641. The Morgan fingerprint density at radius 2 is 1.77 bits per heavy atom. The summed E-state index contributed by atoms with van der Waals surface area (Å²) in [5, 5.41) is 1.22. The van der Waals surface area contributed by atoms with E-state index < -0.39 is 0 Å². The van der Waals surface area contributed by atoms with Gasteiger partial charge in [-0.05, 0) is 23.6 Å². The fourth-order valence-corrected chi connectivity index (χ4v) is 1.66. The quantitative estimate of drug-likeness (QED) is 0.663. The van der Waals surface area contributed by atoms with Crippen LogP contribution in [0.5, 0.6) is 0 Å². The normalized spacial score (nSPS) is 13.4. The molecule has 0 heterocycles. The molecule has 0 aliphatic carbocycles. The first-order valence-electron chi connectivity index (χ1n) is 4.11. The van der Waals surface area contributed by atoms with E-state index in [1.165, 1.54) is 5.56 Å². The van der Waals surface area contributed by atoms with Gasteiger partial charge in [0, 0.05) is 4.83 Å². The van der Waals surface area contributed by atoms with Crippen molar-refractivity contribution in [3.63, 3.8) is 0 Å². The number of benzene rings is 1. The molecule has 0 bridgehead atoms. The average Bonchev–Trinajstić information content (AvgIpc) is 2.08. The molecule has 0 aliphatic rings. The summed E-state index contributed by atoms with van der Waals surface area (Å²) in [7, 11) is 0. The molecule has 3 heteroatoms. The largest absolute Gasteiger partial charge is 0.0836 e. The molecular weight excluding hydrogens is 271 g/mol. The molecule has 1 rings (SSSR count). The number of rotatable bonds is 2. The molecule has 0 aromatic heterocycles. The van der Waals surface area contributed by atoms with E-state index in [2.05, 4.69) is 29.8 Å². The summed E-state index contributed by atoms with van der Waals surface area (Å²) in [4.78, 5) is 0.335. The van der Waals surface area contributed by atoms with E-state index >= 15 is 0 Å². The Kier molecular flexibility index (Phi) is 4.08. The number of hydrogen-bond donors (Lipinski definition) is 0. The highest BCUT2D eigenvalue weighted by Crippen LogP contribution is 2.33. The molecule has 1 unspecified atom stereocenters. The van der Waals surface area contributed by atoms with Crippen molar-refractivity contribution in [1.29, 1.82) is 0 Å². The number of alkyl halides is 1. The van der Waals surface area contributed by atoms with Crippen LogP contribution in [0.4, 0.5) is 0 Å². The van der Waals surface area contributed by atoms with Crippen LogP contribution in [0.1, 0.15) is 24.2 Å². The van der Waals surface area contributed by atoms with Crippen molar-refractivity contribution >= 4 is 39.1 Å². The smallest absolute Gasteiger partial charge is 0.0595 e. The highest BCUT2D eigenvalue weighted by atomic mass is 79.9. The Bertz CT molecular complexity index is 297. The van der Waals surface area contributed by atoms with Crippen molar-refractivity contribution in [2.75, 3.05) is 0 Å². The second kappa shape index (κ2) is 4.68. The van der Waals surface area contributed by atoms with Crippen LogP contribution in [-0.4, -0.2) is 0 Å². The molecule has 0 amide bonds. The van der Waals surface area contributed by atoms with E-state index in [1.54, 1.807) is 0 Å².